The summed E-state index contributed by atoms with van der Waals surface area (Å²) in [7, 11) is 0. The lowest BCUT2D eigenvalue weighted by molar-refractivity contribution is 0.453. The Balaban J connectivity index is 1.49. The van der Waals surface area contributed by atoms with Gasteiger partial charge in [-0.25, -0.2) is 4.98 Å². The molecule has 0 saturated heterocycles. The van der Waals surface area contributed by atoms with Crippen molar-refractivity contribution >= 4 is 21.6 Å². The molecular weight excluding hydrogens is 330 g/mol. The van der Waals surface area contributed by atoms with Gasteiger partial charge in [0.1, 0.15) is 5.65 Å². The van der Waals surface area contributed by atoms with Crippen LogP contribution in [0.5, 0.6) is 0 Å². The van der Waals surface area contributed by atoms with Crippen molar-refractivity contribution in [1.29, 1.82) is 0 Å². The summed E-state index contributed by atoms with van der Waals surface area (Å²) in [4.78, 5) is 4.60. The normalized spacial score (nSPS) is 12.9. The third kappa shape index (κ3) is 3.71. The Kier molecular flexibility index (Phi) is 4.36. The Morgan fingerprint density at radius 3 is 3.00 bits per heavy atom. The lowest BCUT2D eigenvalue weighted by Crippen LogP contribution is -2.32. The summed E-state index contributed by atoms with van der Waals surface area (Å²) in [5, 5.41) is 7.77. The predicted octanol–water partition coefficient (Wildman–Crippen LogP) is 2.51. The highest BCUT2D eigenvalue weighted by molar-refractivity contribution is 9.10. The fourth-order valence-electron chi connectivity index (χ4n) is 2.34. The van der Waals surface area contributed by atoms with Gasteiger partial charge in [-0.15, -0.1) is 0 Å². The van der Waals surface area contributed by atoms with E-state index in [2.05, 4.69) is 48.9 Å². The number of nitrogens with zero attached hydrogens (tertiary/aromatic N) is 4. The summed E-state index contributed by atoms with van der Waals surface area (Å²) in [5.74, 6) is 0. The molecule has 1 N–H and O–H groups in total. The number of aromatic nitrogens is 4. The number of imidazole rings is 1. The van der Waals surface area contributed by atoms with E-state index in [-0.39, 0.29) is 0 Å². The summed E-state index contributed by atoms with van der Waals surface area (Å²) in [6.45, 7) is 3.93. The van der Waals surface area contributed by atoms with Gasteiger partial charge in [0.05, 0.1) is 22.9 Å². The minimum Gasteiger partial charge on any atom is -0.312 e. The van der Waals surface area contributed by atoms with Gasteiger partial charge in [0.25, 0.3) is 0 Å². The molecule has 3 rings (SSSR count). The Morgan fingerprint density at radius 1 is 1.33 bits per heavy atom. The van der Waals surface area contributed by atoms with Gasteiger partial charge in [-0.3, -0.25) is 4.68 Å². The van der Waals surface area contributed by atoms with E-state index in [1.807, 2.05) is 41.5 Å². The van der Waals surface area contributed by atoms with Gasteiger partial charge in [-0.2, -0.15) is 5.10 Å². The van der Waals surface area contributed by atoms with Crippen LogP contribution in [0.1, 0.15) is 12.6 Å². The molecule has 0 spiro atoms. The maximum atomic E-state index is 4.60. The van der Waals surface area contributed by atoms with Crippen molar-refractivity contribution < 1.29 is 0 Å². The molecule has 3 aromatic rings. The first-order valence-electron chi connectivity index (χ1n) is 7.04. The fraction of sp³-hybridized carbons (Fsp3) is 0.333. The molecule has 3 aromatic heterocycles. The minimum atomic E-state index is 0.369. The smallest absolute Gasteiger partial charge is 0.136 e. The molecule has 5 nitrogen and oxygen atoms in total. The van der Waals surface area contributed by atoms with E-state index < -0.39 is 0 Å². The molecule has 0 saturated carbocycles. The molecule has 0 bridgehead atoms. The van der Waals surface area contributed by atoms with E-state index >= 15 is 0 Å². The second-order valence-corrected chi connectivity index (χ2v) is 6.10. The van der Waals surface area contributed by atoms with E-state index in [1.165, 1.54) is 0 Å². The maximum Gasteiger partial charge on any atom is 0.136 e. The summed E-state index contributed by atoms with van der Waals surface area (Å²) in [6.07, 6.45) is 8.84. The predicted molar refractivity (Wildman–Crippen MR) is 86.3 cm³/mol. The molecule has 0 amide bonds. The average molecular weight is 348 g/mol. The molecule has 0 aliphatic rings. The van der Waals surface area contributed by atoms with Gasteiger partial charge in [-0.1, -0.05) is 6.07 Å². The standard InChI is InChI=1S/C15H18BrN5/c1-12(9-21-10-13(16)8-18-21)17-6-5-14-11-20-7-3-2-4-15(20)19-14/h2-4,7-8,10-12,17H,5-6,9H2,1H3/t12-/m1/s1. The number of pyridine rings is 1. The monoisotopic (exact) mass is 347 g/mol. The van der Waals surface area contributed by atoms with Gasteiger partial charge in [-0.05, 0) is 35.0 Å². The van der Waals surface area contributed by atoms with Crippen molar-refractivity contribution in [3.63, 3.8) is 0 Å². The average Bonchev–Trinajstić information content (AvgIpc) is 3.04. The summed E-state index contributed by atoms with van der Waals surface area (Å²) < 4.78 is 5.01. The zero-order valence-corrected chi connectivity index (χ0v) is 13.5. The highest BCUT2D eigenvalue weighted by Crippen LogP contribution is 2.07. The van der Waals surface area contributed by atoms with Gasteiger partial charge >= 0.3 is 0 Å². The van der Waals surface area contributed by atoms with Crippen LogP contribution in [0.4, 0.5) is 0 Å². The van der Waals surface area contributed by atoms with Crippen molar-refractivity contribution in [1.82, 2.24) is 24.5 Å². The van der Waals surface area contributed by atoms with Crippen molar-refractivity contribution in [2.24, 2.45) is 0 Å². The first-order chi connectivity index (χ1) is 10.2. The van der Waals surface area contributed by atoms with E-state index in [1.54, 1.807) is 0 Å². The Labute approximate surface area is 132 Å². The highest BCUT2D eigenvalue weighted by atomic mass is 79.9. The Morgan fingerprint density at radius 2 is 2.24 bits per heavy atom. The molecule has 0 unspecified atom stereocenters. The zero-order chi connectivity index (χ0) is 14.7. The van der Waals surface area contributed by atoms with Crippen molar-refractivity contribution in [2.75, 3.05) is 6.54 Å². The summed E-state index contributed by atoms with van der Waals surface area (Å²) in [5.41, 5.74) is 2.12. The topological polar surface area (TPSA) is 47.2 Å². The molecule has 110 valence electrons. The molecule has 3 heterocycles. The molecule has 1 atom stereocenters. The summed E-state index contributed by atoms with van der Waals surface area (Å²) >= 11 is 3.41. The number of nitrogens with one attached hydrogen (secondary N) is 1. The molecule has 0 aromatic carbocycles. The van der Waals surface area contributed by atoms with Crippen LogP contribution in [0.25, 0.3) is 5.65 Å². The van der Waals surface area contributed by atoms with Crippen LogP contribution in [0, 0.1) is 0 Å². The van der Waals surface area contributed by atoms with Gasteiger partial charge in [0, 0.05) is 37.6 Å². The third-order valence-corrected chi connectivity index (χ3v) is 3.76. The lowest BCUT2D eigenvalue weighted by atomic mass is 10.3. The molecule has 6 heteroatoms. The van der Waals surface area contributed by atoms with Crippen LogP contribution in [0.15, 0.2) is 47.5 Å². The highest BCUT2D eigenvalue weighted by Gasteiger charge is 2.05. The molecule has 0 radical (unpaired) electrons. The van der Waals surface area contributed by atoms with E-state index in [9.17, 15) is 0 Å². The van der Waals surface area contributed by atoms with Crippen molar-refractivity contribution in [3.05, 3.63) is 53.2 Å². The second kappa shape index (κ2) is 6.41. The van der Waals surface area contributed by atoms with E-state index in [4.69, 9.17) is 0 Å². The third-order valence-electron chi connectivity index (χ3n) is 3.35. The largest absolute Gasteiger partial charge is 0.312 e. The summed E-state index contributed by atoms with van der Waals surface area (Å²) in [6, 6.07) is 6.42. The lowest BCUT2D eigenvalue weighted by Gasteiger charge is -2.13. The SMILES string of the molecule is C[C@H](Cn1cc(Br)cn1)NCCc1cn2ccccc2n1. The number of hydrogen-bond acceptors (Lipinski definition) is 3. The second-order valence-electron chi connectivity index (χ2n) is 5.18. The maximum absolute atomic E-state index is 4.60. The Hall–Kier alpha value is -1.66. The van der Waals surface area contributed by atoms with E-state index in [0.29, 0.717) is 6.04 Å². The number of rotatable bonds is 6. The molecule has 0 aliphatic carbocycles. The van der Waals surface area contributed by atoms with Crippen LogP contribution in [-0.2, 0) is 13.0 Å². The van der Waals surface area contributed by atoms with Gasteiger partial charge in [0.2, 0.25) is 0 Å². The first-order valence-corrected chi connectivity index (χ1v) is 7.84. The quantitative estimate of drug-likeness (QED) is 0.745. The van der Waals surface area contributed by atoms with Crippen LogP contribution >= 0.6 is 15.9 Å². The van der Waals surface area contributed by atoms with Gasteiger partial charge in [0.15, 0.2) is 0 Å². The zero-order valence-electron chi connectivity index (χ0n) is 11.9. The van der Waals surface area contributed by atoms with Crippen LogP contribution < -0.4 is 5.32 Å². The fourth-order valence-corrected chi connectivity index (χ4v) is 2.67. The van der Waals surface area contributed by atoms with Crippen molar-refractivity contribution in [3.8, 4) is 0 Å². The van der Waals surface area contributed by atoms with Crippen molar-refractivity contribution in [2.45, 2.75) is 25.9 Å². The number of halogens is 1. The minimum absolute atomic E-state index is 0.369. The van der Waals surface area contributed by atoms with Gasteiger partial charge < -0.3 is 9.72 Å². The Bertz CT molecular complexity index is 685. The molecule has 0 aliphatic heterocycles. The van der Waals surface area contributed by atoms with Crippen LogP contribution in [0.2, 0.25) is 0 Å². The molecule has 21 heavy (non-hydrogen) atoms. The van der Waals surface area contributed by atoms with Crippen LogP contribution in [0.3, 0.4) is 0 Å². The molecule has 0 fully saturated rings. The van der Waals surface area contributed by atoms with Crippen LogP contribution in [-0.4, -0.2) is 31.8 Å². The first kappa shape index (κ1) is 14.3. The molecular formula is C15H18BrN5. The number of hydrogen-bond donors (Lipinski definition) is 1. The number of fused-ring (bicyclic) bond motifs is 1. The van der Waals surface area contributed by atoms with E-state index in [0.717, 1.165) is 35.3 Å².